The summed E-state index contributed by atoms with van der Waals surface area (Å²) in [7, 11) is -5.07. The molecule has 1 atom stereocenters. The van der Waals surface area contributed by atoms with E-state index in [1.165, 1.54) is 70.6 Å². The first-order valence-electron chi connectivity index (χ1n) is 14.1. The molecule has 0 amide bonds. The molecule has 0 heterocycles. The van der Waals surface area contributed by atoms with Crippen molar-refractivity contribution in [2.24, 2.45) is 5.92 Å². The second-order valence-corrected chi connectivity index (χ2v) is 16.6. The highest BCUT2D eigenvalue weighted by molar-refractivity contribution is 6.76. The average molecular weight is 503 g/mol. The Bertz CT molecular complexity index is 484. The molecule has 5 nitrogen and oxygen atoms in total. The summed E-state index contributed by atoms with van der Waals surface area (Å²) in [4.78, 5) is 13.6. The molecule has 1 rings (SSSR count). The summed E-state index contributed by atoms with van der Waals surface area (Å²) >= 11 is 0. The Morgan fingerprint density at radius 2 is 1.27 bits per heavy atom. The third-order valence-electron chi connectivity index (χ3n) is 7.11. The molecule has 0 aromatic rings. The number of hydrogen-bond acceptors (Lipinski definition) is 5. The van der Waals surface area contributed by atoms with Gasteiger partial charge in [0, 0.05) is 25.9 Å². The van der Waals surface area contributed by atoms with Crippen LogP contribution in [0.4, 0.5) is 0 Å². The van der Waals surface area contributed by atoms with E-state index in [9.17, 15) is 4.79 Å². The van der Waals surface area contributed by atoms with Crippen LogP contribution in [0.2, 0.25) is 23.7 Å². The van der Waals surface area contributed by atoms with Gasteiger partial charge in [-0.25, -0.2) is 0 Å². The standard InChI is InChI=1S/C26H54O5Si2/c1-7-12-17-21-32(22-18-13-8-2,25-19-15-14-16-20-25)31-26(27)24(6)23-33(28-9-3,29-10-4)30-11-5/h24-25H,7-23H2,1-6H3. The van der Waals surface area contributed by atoms with Crippen LogP contribution < -0.4 is 0 Å². The highest BCUT2D eigenvalue weighted by Crippen LogP contribution is 2.44. The Kier molecular flexibility index (Phi) is 16.1. The van der Waals surface area contributed by atoms with Crippen LogP contribution in [0.5, 0.6) is 0 Å². The number of rotatable bonds is 19. The SMILES string of the molecule is CCCCC[Si](CCCCC)(OC(=O)C(C)C[Si](OCC)(OCC)OCC)C1CCCCC1. The normalized spacial score (nSPS) is 16.7. The fourth-order valence-corrected chi connectivity index (χ4v) is 13.5. The predicted octanol–water partition coefficient (Wildman–Crippen LogP) is 7.87. The predicted molar refractivity (Wildman–Crippen MR) is 142 cm³/mol. The van der Waals surface area contributed by atoms with Gasteiger partial charge in [-0.1, -0.05) is 78.6 Å². The maximum atomic E-state index is 13.6. The zero-order chi connectivity index (χ0) is 24.6. The third-order valence-corrected chi connectivity index (χ3v) is 15.5. The van der Waals surface area contributed by atoms with Crippen molar-refractivity contribution in [3.63, 3.8) is 0 Å². The van der Waals surface area contributed by atoms with E-state index in [2.05, 4.69) is 13.8 Å². The molecule has 0 radical (unpaired) electrons. The van der Waals surface area contributed by atoms with Gasteiger partial charge in [0.1, 0.15) is 0 Å². The fourth-order valence-electron chi connectivity index (χ4n) is 5.42. The minimum Gasteiger partial charge on any atom is -0.519 e. The quantitative estimate of drug-likeness (QED) is 0.133. The maximum Gasteiger partial charge on any atom is 0.501 e. The Hall–Kier alpha value is -0.216. The first-order valence-corrected chi connectivity index (χ1v) is 18.4. The van der Waals surface area contributed by atoms with Crippen molar-refractivity contribution in [3.8, 4) is 0 Å². The van der Waals surface area contributed by atoms with E-state index in [4.69, 9.17) is 17.7 Å². The largest absolute Gasteiger partial charge is 0.519 e. The van der Waals surface area contributed by atoms with E-state index >= 15 is 0 Å². The Labute approximate surface area is 207 Å². The Balaban J connectivity index is 3.08. The molecular weight excluding hydrogens is 448 g/mol. The van der Waals surface area contributed by atoms with Crippen LogP contribution in [-0.2, 0) is 22.5 Å². The maximum absolute atomic E-state index is 13.6. The first kappa shape index (κ1) is 30.8. The number of carbonyl (C=O) groups excluding carboxylic acids is 1. The van der Waals surface area contributed by atoms with Crippen molar-refractivity contribution in [1.29, 1.82) is 0 Å². The van der Waals surface area contributed by atoms with E-state index in [1.807, 2.05) is 27.7 Å². The van der Waals surface area contributed by atoms with Gasteiger partial charge in [-0.2, -0.15) is 0 Å². The fraction of sp³-hybridized carbons (Fsp3) is 0.962. The molecule has 0 aromatic heterocycles. The van der Waals surface area contributed by atoms with E-state index in [0.29, 0.717) is 31.4 Å². The average Bonchev–Trinajstić information content (AvgIpc) is 2.80. The first-order chi connectivity index (χ1) is 15.9. The number of unbranched alkanes of at least 4 members (excludes halogenated alkanes) is 4. The molecule has 0 aromatic carbocycles. The Morgan fingerprint density at radius 1 is 0.788 bits per heavy atom. The van der Waals surface area contributed by atoms with E-state index in [1.54, 1.807) is 0 Å². The summed E-state index contributed by atoms with van der Waals surface area (Å²) in [6.45, 7) is 14.0. The second kappa shape index (κ2) is 17.3. The van der Waals surface area contributed by atoms with Crippen molar-refractivity contribution in [2.45, 2.75) is 136 Å². The van der Waals surface area contributed by atoms with Gasteiger partial charge in [-0.05, 0) is 51.2 Å². The number of hydrogen-bond donors (Lipinski definition) is 0. The van der Waals surface area contributed by atoms with Gasteiger partial charge in [-0.3, -0.25) is 4.79 Å². The molecule has 0 aliphatic heterocycles. The minimum absolute atomic E-state index is 0.0313. The van der Waals surface area contributed by atoms with Crippen LogP contribution in [0, 0.1) is 5.92 Å². The van der Waals surface area contributed by atoms with E-state index in [-0.39, 0.29) is 11.9 Å². The summed E-state index contributed by atoms with van der Waals surface area (Å²) in [5.74, 6) is -0.301. The molecule has 0 saturated heterocycles. The Morgan fingerprint density at radius 3 is 1.70 bits per heavy atom. The molecule has 1 aliphatic rings. The summed E-state index contributed by atoms with van der Waals surface area (Å²) in [5.41, 5.74) is 0.629. The van der Waals surface area contributed by atoms with Crippen LogP contribution in [-0.4, -0.2) is 42.9 Å². The van der Waals surface area contributed by atoms with Crippen LogP contribution >= 0.6 is 0 Å². The summed E-state index contributed by atoms with van der Waals surface area (Å²) in [6, 6.07) is 2.78. The molecule has 7 heteroatoms. The third kappa shape index (κ3) is 10.5. The van der Waals surface area contributed by atoms with E-state index in [0.717, 1.165) is 12.1 Å². The molecule has 1 fully saturated rings. The molecule has 0 bridgehead atoms. The van der Waals surface area contributed by atoms with E-state index < -0.39 is 17.1 Å². The van der Waals surface area contributed by atoms with Gasteiger partial charge < -0.3 is 17.7 Å². The van der Waals surface area contributed by atoms with Crippen LogP contribution in [0.1, 0.15) is 112 Å². The molecule has 33 heavy (non-hydrogen) atoms. The van der Waals surface area contributed by atoms with Crippen LogP contribution in [0.25, 0.3) is 0 Å². The zero-order valence-corrected chi connectivity index (χ0v) is 24.7. The summed E-state index contributed by atoms with van der Waals surface area (Å²) in [5, 5.41) is 0. The van der Waals surface area contributed by atoms with Gasteiger partial charge in [0.05, 0.1) is 5.92 Å². The van der Waals surface area contributed by atoms with Gasteiger partial charge in [0.25, 0.3) is 14.3 Å². The van der Waals surface area contributed by atoms with Gasteiger partial charge >= 0.3 is 8.80 Å². The van der Waals surface area contributed by atoms with Gasteiger partial charge in [0.15, 0.2) is 0 Å². The van der Waals surface area contributed by atoms with Crippen molar-refractivity contribution < 1.29 is 22.5 Å². The smallest absolute Gasteiger partial charge is 0.501 e. The molecule has 0 N–H and O–H groups in total. The zero-order valence-electron chi connectivity index (χ0n) is 22.7. The van der Waals surface area contributed by atoms with Gasteiger partial charge in [-0.15, -0.1) is 0 Å². The molecule has 196 valence electrons. The minimum atomic E-state index is -2.88. The molecule has 1 saturated carbocycles. The molecule has 0 spiro atoms. The summed E-state index contributed by atoms with van der Waals surface area (Å²) < 4.78 is 24.9. The van der Waals surface area contributed by atoms with Crippen molar-refractivity contribution in [3.05, 3.63) is 0 Å². The van der Waals surface area contributed by atoms with Crippen molar-refractivity contribution in [2.75, 3.05) is 19.8 Å². The molecule has 1 aliphatic carbocycles. The summed E-state index contributed by atoms with van der Waals surface area (Å²) in [6.07, 6.45) is 13.7. The highest BCUT2D eigenvalue weighted by Gasteiger charge is 2.48. The number of carbonyl (C=O) groups is 1. The van der Waals surface area contributed by atoms with Crippen LogP contribution in [0.3, 0.4) is 0 Å². The van der Waals surface area contributed by atoms with Crippen LogP contribution in [0.15, 0.2) is 0 Å². The highest BCUT2D eigenvalue weighted by atomic mass is 28.4. The van der Waals surface area contributed by atoms with Crippen molar-refractivity contribution in [1.82, 2.24) is 0 Å². The van der Waals surface area contributed by atoms with Gasteiger partial charge in [0.2, 0.25) is 0 Å². The monoisotopic (exact) mass is 502 g/mol. The van der Waals surface area contributed by atoms with Crippen molar-refractivity contribution >= 4 is 23.1 Å². The molecule has 1 unspecified atom stereocenters. The lowest BCUT2D eigenvalue weighted by molar-refractivity contribution is -0.139. The molecular formula is C26H54O5Si2. The lowest BCUT2D eigenvalue weighted by Crippen LogP contribution is -2.50. The second-order valence-electron chi connectivity index (χ2n) is 9.82. The lowest BCUT2D eigenvalue weighted by atomic mass is 10.0. The topological polar surface area (TPSA) is 54.0 Å². The lowest BCUT2D eigenvalue weighted by Gasteiger charge is -2.41.